The van der Waals surface area contributed by atoms with E-state index in [1.54, 1.807) is 19.9 Å². The largest absolute Gasteiger partial charge is 0.461 e. The van der Waals surface area contributed by atoms with Gasteiger partial charge in [0.05, 0.1) is 29.4 Å². The Morgan fingerprint density at radius 3 is 2.19 bits per heavy atom. The number of rotatable bonds is 8. The highest BCUT2D eigenvalue weighted by Crippen LogP contribution is 2.27. The first kappa shape index (κ1) is 25.0. The zero-order valence-electron chi connectivity index (χ0n) is 16.9. The number of ketones is 2. The van der Waals surface area contributed by atoms with Crippen molar-refractivity contribution in [2.75, 3.05) is 13.2 Å². The van der Waals surface area contributed by atoms with Gasteiger partial charge in [0.2, 0.25) is 5.78 Å². The Bertz CT molecular complexity index is 1100. The van der Waals surface area contributed by atoms with Crippen molar-refractivity contribution in [3.8, 4) is 10.6 Å². The molecule has 0 fully saturated rings. The summed E-state index contributed by atoms with van der Waals surface area (Å²) in [6, 6.07) is 6.73. The first-order chi connectivity index (χ1) is 15.2. The zero-order chi connectivity index (χ0) is 23.7. The fourth-order valence-electron chi connectivity index (χ4n) is 2.12. The molecular formula is C20H17F2NO7S2. The molecule has 0 atom stereocenters. The van der Waals surface area contributed by atoms with Crippen LogP contribution in [0.15, 0.2) is 34.9 Å². The van der Waals surface area contributed by atoms with Crippen LogP contribution < -0.4 is 0 Å². The van der Waals surface area contributed by atoms with E-state index in [2.05, 4.69) is 9.89 Å². The third-order valence-corrected chi connectivity index (χ3v) is 5.29. The van der Waals surface area contributed by atoms with Gasteiger partial charge >= 0.3 is 11.9 Å². The second-order valence-corrected chi connectivity index (χ2v) is 7.82. The van der Waals surface area contributed by atoms with E-state index in [1.165, 1.54) is 18.2 Å². The third-order valence-electron chi connectivity index (χ3n) is 3.48. The van der Waals surface area contributed by atoms with Crippen LogP contribution in [0, 0.1) is 10.3 Å². The number of ether oxygens (including phenoxy) is 2. The lowest BCUT2D eigenvalue weighted by atomic mass is 10.2. The molecule has 0 amide bonds. The predicted octanol–water partition coefficient (Wildman–Crippen LogP) is 4.31. The third kappa shape index (κ3) is 7.17. The van der Waals surface area contributed by atoms with E-state index in [9.17, 15) is 28.0 Å². The second kappa shape index (κ2) is 12.0. The van der Waals surface area contributed by atoms with Gasteiger partial charge in [-0.2, -0.15) is 8.78 Å². The van der Waals surface area contributed by atoms with E-state index >= 15 is 0 Å². The molecule has 0 bridgehead atoms. The quantitative estimate of drug-likeness (QED) is 0.201. The Balaban J connectivity index is 0.000000227. The van der Waals surface area contributed by atoms with Crippen molar-refractivity contribution >= 4 is 46.2 Å². The van der Waals surface area contributed by atoms with E-state index in [1.807, 2.05) is 0 Å². The minimum atomic E-state index is -1.03. The minimum Gasteiger partial charge on any atom is -0.461 e. The first-order valence-electron chi connectivity index (χ1n) is 9.13. The number of thiophene rings is 2. The molecule has 12 heteroatoms. The Kier molecular flexibility index (Phi) is 9.35. The van der Waals surface area contributed by atoms with Crippen molar-refractivity contribution in [2.24, 2.45) is 0 Å². The normalized spacial score (nSPS) is 10.1. The van der Waals surface area contributed by atoms with Gasteiger partial charge in [-0.3, -0.25) is 9.59 Å². The summed E-state index contributed by atoms with van der Waals surface area (Å²) in [5.41, 5.74) is 0.0886. The summed E-state index contributed by atoms with van der Waals surface area (Å²) in [6.07, 6.45) is -0.585. The van der Waals surface area contributed by atoms with Crippen molar-refractivity contribution in [1.29, 1.82) is 0 Å². The summed E-state index contributed by atoms with van der Waals surface area (Å²) in [6.45, 7) is 3.61. The van der Waals surface area contributed by atoms with E-state index in [4.69, 9.17) is 9.26 Å². The maximum atomic E-state index is 12.8. The molecule has 0 saturated heterocycles. The number of hydrogen-bond acceptors (Lipinski definition) is 10. The zero-order valence-corrected chi connectivity index (χ0v) is 18.5. The highest BCUT2D eigenvalue weighted by atomic mass is 32.1. The number of carbonyl (C=O) groups is 4. The van der Waals surface area contributed by atoms with Crippen LogP contribution in [0.4, 0.5) is 8.78 Å². The van der Waals surface area contributed by atoms with Crippen LogP contribution in [0.25, 0.3) is 10.6 Å². The van der Waals surface area contributed by atoms with Gasteiger partial charge in [0.25, 0.3) is 0 Å². The number of halogens is 2. The standard InChI is InChI=1S/C10H8FNO3S.C10H9FO4S/c1-2-14-10(13)6-5-7(15-12-6)8-3-4-9(11)16-8;1-2-15-10(14)7(13)5-6(12)8-3-4-9(11)16-8/h3-5H,2H2,1H3;3-4H,2,5H2,1H3. The van der Waals surface area contributed by atoms with Crippen molar-refractivity contribution in [2.45, 2.75) is 20.3 Å². The van der Waals surface area contributed by atoms with Crippen LogP contribution in [0.3, 0.4) is 0 Å². The predicted molar refractivity (Wildman–Crippen MR) is 111 cm³/mol. The lowest BCUT2D eigenvalue weighted by molar-refractivity contribution is -0.153. The summed E-state index contributed by atoms with van der Waals surface area (Å²) < 4.78 is 39.5. The summed E-state index contributed by atoms with van der Waals surface area (Å²) in [5, 5.41) is 2.73. The maximum Gasteiger partial charge on any atom is 0.375 e. The van der Waals surface area contributed by atoms with Crippen LogP contribution in [-0.4, -0.2) is 41.9 Å². The molecule has 0 N–H and O–H groups in total. The average Bonchev–Trinajstić information content (AvgIpc) is 3.49. The van der Waals surface area contributed by atoms with E-state index in [-0.39, 0.29) is 28.9 Å². The molecule has 170 valence electrons. The van der Waals surface area contributed by atoms with E-state index in [0.29, 0.717) is 22.0 Å². The van der Waals surface area contributed by atoms with Gasteiger partial charge in [-0.15, -0.1) is 22.7 Å². The maximum absolute atomic E-state index is 12.8. The van der Waals surface area contributed by atoms with Crippen LogP contribution >= 0.6 is 22.7 Å². The number of carbonyl (C=O) groups excluding carboxylic acids is 4. The van der Waals surface area contributed by atoms with Crippen molar-refractivity contribution in [1.82, 2.24) is 5.16 Å². The fraction of sp³-hybridized carbons (Fsp3) is 0.250. The average molecular weight is 485 g/mol. The van der Waals surface area contributed by atoms with Gasteiger partial charge in [0.15, 0.2) is 27.5 Å². The number of Topliss-reactive ketones (excluding diaryl/α,β-unsaturated/α-hetero) is 2. The Hall–Kier alpha value is -3.25. The number of hydrogen-bond donors (Lipinski definition) is 0. The second-order valence-electron chi connectivity index (χ2n) is 5.75. The Morgan fingerprint density at radius 2 is 1.62 bits per heavy atom. The molecular weight excluding hydrogens is 468 g/mol. The van der Waals surface area contributed by atoms with Crippen molar-refractivity contribution < 1.29 is 42.0 Å². The molecule has 0 radical (unpaired) electrons. The molecule has 0 aliphatic carbocycles. The number of esters is 2. The molecule has 3 aromatic rings. The number of aromatic nitrogens is 1. The first-order valence-corrected chi connectivity index (χ1v) is 10.8. The molecule has 0 saturated carbocycles. The summed E-state index contributed by atoms with van der Waals surface area (Å²) in [4.78, 5) is 45.4. The van der Waals surface area contributed by atoms with Crippen LogP contribution in [0.2, 0.25) is 0 Å². The molecule has 8 nitrogen and oxygen atoms in total. The molecule has 0 aromatic carbocycles. The smallest absolute Gasteiger partial charge is 0.375 e. The molecule has 3 aromatic heterocycles. The van der Waals surface area contributed by atoms with Crippen molar-refractivity contribution in [3.63, 3.8) is 0 Å². The van der Waals surface area contributed by atoms with E-state index in [0.717, 1.165) is 17.4 Å². The highest BCUT2D eigenvalue weighted by molar-refractivity contribution is 7.13. The van der Waals surface area contributed by atoms with Gasteiger partial charge in [0, 0.05) is 6.07 Å². The molecule has 0 aliphatic rings. The summed E-state index contributed by atoms with van der Waals surface area (Å²) in [5.74, 6) is -2.72. The lowest BCUT2D eigenvalue weighted by Crippen LogP contribution is -2.20. The molecule has 3 heterocycles. The van der Waals surface area contributed by atoms with Crippen LogP contribution in [0.5, 0.6) is 0 Å². The Labute approximate surface area is 188 Å². The SMILES string of the molecule is CCOC(=O)C(=O)CC(=O)c1ccc(F)s1.CCOC(=O)c1cc(-c2ccc(F)s2)on1. The Morgan fingerprint density at radius 1 is 0.969 bits per heavy atom. The van der Waals surface area contributed by atoms with Crippen LogP contribution in [0.1, 0.15) is 40.4 Å². The summed E-state index contributed by atoms with van der Waals surface area (Å²) in [7, 11) is 0. The van der Waals surface area contributed by atoms with Gasteiger partial charge in [0.1, 0.15) is 0 Å². The lowest BCUT2D eigenvalue weighted by Gasteiger charge is -1.98. The van der Waals surface area contributed by atoms with Gasteiger partial charge < -0.3 is 14.0 Å². The molecule has 0 unspecified atom stereocenters. The summed E-state index contributed by atoms with van der Waals surface area (Å²) >= 11 is 1.57. The minimum absolute atomic E-state index is 0.0758. The van der Waals surface area contributed by atoms with Gasteiger partial charge in [-0.1, -0.05) is 5.16 Å². The molecule has 3 rings (SSSR count). The fourth-order valence-corrected chi connectivity index (χ4v) is 3.47. The van der Waals surface area contributed by atoms with Crippen molar-refractivity contribution in [3.05, 3.63) is 51.2 Å². The molecule has 32 heavy (non-hydrogen) atoms. The molecule has 0 aliphatic heterocycles. The van der Waals surface area contributed by atoms with Crippen LogP contribution in [-0.2, 0) is 19.1 Å². The topological polar surface area (TPSA) is 113 Å². The molecule has 0 spiro atoms. The highest BCUT2D eigenvalue weighted by Gasteiger charge is 2.21. The van der Waals surface area contributed by atoms with Gasteiger partial charge in [-0.25, -0.2) is 9.59 Å². The van der Waals surface area contributed by atoms with E-state index < -0.39 is 35.1 Å². The monoisotopic (exact) mass is 485 g/mol. The van der Waals surface area contributed by atoms with Gasteiger partial charge in [-0.05, 0) is 38.1 Å². The number of nitrogens with zero attached hydrogens (tertiary/aromatic N) is 1.